The van der Waals surface area contributed by atoms with E-state index in [-0.39, 0.29) is 0 Å². The average molecular weight is 360 g/mol. The fourth-order valence-corrected chi connectivity index (χ4v) is 1.19. The standard InChI is InChI=1S/C9H8F12O/c10-1(3(12)5(14)7(16)17)2(11)4(13)6(15)8(18,19)9(20,21)22/h1-7,22H. The molecule has 13 heteroatoms. The van der Waals surface area contributed by atoms with Crippen molar-refractivity contribution in [3.8, 4) is 0 Å². The fraction of sp³-hybridized carbons (Fsp3) is 1.00. The topological polar surface area (TPSA) is 20.2 Å². The summed E-state index contributed by atoms with van der Waals surface area (Å²) in [5.74, 6) is -6.24. The zero-order chi connectivity index (χ0) is 18.0. The van der Waals surface area contributed by atoms with Gasteiger partial charge in [-0.1, -0.05) is 0 Å². The SMILES string of the molecule is OC(F)(F)C(F)(F)C(F)C(F)C(F)C(F)C(F)C(F)C(F)F. The van der Waals surface area contributed by atoms with Crippen molar-refractivity contribution in [2.75, 3.05) is 0 Å². The molecule has 1 N–H and O–H groups in total. The van der Waals surface area contributed by atoms with Crippen molar-refractivity contribution in [1.29, 1.82) is 0 Å². The Hall–Kier alpha value is -0.880. The van der Waals surface area contributed by atoms with Gasteiger partial charge in [-0.3, -0.25) is 0 Å². The van der Waals surface area contributed by atoms with E-state index in [4.69, 9.17) is 5.11 Å². The molecule has 0 aliphatic rings. The van der Waals surface area contributed by atoms with Crippen molar-refractivity contribution in [3.63, 3.8) is 0 Å². The van der Waals surface area contributed by atoms with Gasteiger partial charge in [0.1, 0.15) is 0 Å². The maximum Gasteiger partial charge on any atom is 0.420 e. The minimum atomic E-state index is -6.24. The Labute approximate surface area is 114 Å². The Kier molecular flexibility index (Phi) is 6.84. The average Bonchev–Trinajstić information content (AvgIpc) is 2.40. The molecule has 0 aromatic rings. The van der Waals surface area contributed by atoms with Crippen LogP contribution in [0.1, 0.15) is 0 Å². The molecule has 0 saturated carbocycles. The van der Waals surface area contributed by atoms with Crippen molar-refractivity contribution in [2.24, 2.45) is 0 Å². The monoisotopic (exact) mass is 360 g/mol. The van der Waals surface area contributed by atoms with Crippen LogP contribution in [0, 0.1) is 0 Å². The normalized spacial score (nSPS) is 22.1. The van der Waals surface area contributed by atoms with Gasteiger partial charge in [-0.15, -0.1) is 0 Å². The van der Waals surface area contributed by atoms with Crippen LogP contribution in [0.4, 0.5) is 52.7 Å². The van der Waals surface area contributed by atoms with E-state index in [2.05, 4.69) is 0 Å². The Morgan fingerprint density at radius 2 is 0.864 bits per heavy atom. The molecule has 6 unspecified atom stereocenters. The summed E-state index contributed by atoms with van der Waals surface area (Å²) in [6.45, 7) is 0. The smallest absolute Gasteiger partial charge is 0.331 e. The molecule has 22 heavy (non-hydrogen) atoms. The highest BCUT2D eigenvalue weighted by atomic mass is 19.3. The Morgan fingerprint density at radius 3 is 1.18 bits per heavy atom. The number of halogens is 12. The second-order valence-electron chi connectivity index (χ2n) is 4.12. The predicted octanol–water partition coefficient (Wildman–Crippen LogP) is 3.50. The number of hydrogen-bond donors (Lipinski definition) is 1. The highest BCUT2D eigenvalue weighted by molar-refractivity contribution is 4.96. The summed E-state index contributed by atoms with van der Waals surface area (Å²) in [6, 6.07) is 0. The van der Waals surface area contributed by atoms with E-state index in [9.17, 15) is 52.7 Å². The second kappa shape index (κ2) is 7.13. The van der Waals surface area contributed by atoms with Gasteiger partial charge in [-0.25, -0.2) is 35.1 Å². The van der Waals surface area contributed by atoms with Gasteiger partial charge in [0, 0.05) is 0 Å². The second-order valence-corrected chi connectivity index (χ2v) is 4.12. The first-order chi connectivity index (χ1) is 9.66. The number of rotatable bonds is 8. The molecule has 0 amide bonds. The molecular formula is C9H8F12O. The molecule has 0 bridgehead atoms. The summed E-state index contributed by atoms with van der Waals surface area (Å²) >= 11 is 0. The largest absolute Gasteiger partial charge is 0.420 e. The quantitative estimate of drug-likeness (QED) is 0.657. The van der Waals surface area contributed by atoms with Crippen LogP contribution >= 0.6 is 0 Å². The Balaban J connectivity index is 5.10. The third-order valence-electron chi connectivity index (χ3n) is 2.48. The first kappa shape index (κ1) is 21.1. The van der Waals surface area contributed by atoms with E-state index >= 15 is 0 Å². The van der Waals surface area contributed by atoms with Crippen LogP contribution in [0.5, 0.6) is 0 Å². The van der Waals surface area contributed by atoms with E-state index in [0.717, 1.165) is 0 Å². The van der Waals surface area contributed by atoms with Gasteiger partial charge in [0.15, 0.2) is 30.9 Å². The molecule has 0 aliphatic heterocycles. The van der Waals surface area contributed by atoms with Crippen LogP contribution in [0.2, 0.25) is 0 Å². The van der Waals surface area contributed by atoms with Crippen LogP contribution in [0.15, 0.2) is 0 Å². The van der Waals surface area contributed by atoms with Gasteiger partial charge in [0.05, 0.1) is 0 Å². The summed E-state index contributed by atoms with van der Waals surface area (Å²) < 4.78 is 149. The van der Waals surface area contributed by atoms with Crippen LogP contribution < -0.4 is 0 Å². The molecular weight excluding hydrogens is 352 g/mol. The lowest BCUT2D eigenvalue weighted by Gasteiger charge is -2.29. The van der Waals surface area contributed by atoms with Crippen LogP contribution in [-0.2, 0) is 0 Å². The molecule has 0 saturated heterocycles. The van der Waals surface area contributed by atoms with Crippen molar-refractivity contribution in [2.45, 2.75) is 55.5 Å². The summed E-state index contributed by atoms with van der Waals surface area (Å²) in [4.78, 5) is 0. The van der Waals surface area contributed by atoms with E-state index in [1.807, 2.05) is 0 Å². The van der Waals surface area contributed by atoms with Gasteiger partial charge >= 0.3 is 12.0 Å². The first-order valence-corrected chi connectivity index (χ1v) is 5.26. The maximum atomic E-state index is 12.9. The van der Waals surface area contributed by atoms with Crippen molar-refractivity contribution in [1.82, 2.24) is 0 Å². The summed E-state index contributed by atoms with van der Waals surface area (Å²) in [5.41, 5.74) is 0. The molecule has 0 spiro atoms. The lowest BCUT2D eigenvalue weighted by atomic mass is 9.98. The summed E-state index contributed by atoms with van der Waals surface area (Å²) in [6.07, 6.45) is -36.3. The summed E-state index contributed by atoms with van der Waals surface area (Å²) in [7, 11) is 0. The maximum absolute atomic E-state index is 12.9. The van der Waals surface area contributed by atoms with E-state index in [0.29, 0.717) is 0 Å². The molecule has 134 valence electrons. The number of aliphatic hydroxyl groups is 1. The molecule has 1 nitrogen and oxygen atoms in total. The Bertz CT molecular complexity index is 344. The van der Waals surface area contributed by atoms with Crippen molar-refractivity contribution >= 4 is 0 Å². The van der Waals surface area contributed by atoms with Gasteiger partial charge in [-0.05, 0) is 0 Å². The van der Waals surface area contributed by atoms with Crippen LogP contribution in [-0.4, -0.2) is 60.6 Å². The Morgan fingerprint density at radius 1 is 0.545 bits per heavy atom. The van der Waals surface area contributed by atoms with Crippen LogP contribution in [0.25, 0.3) is 0 Å². The summed E-state index contributed by atoms with van der Waals surface area (Å²) in [5, 5.41) is 7.62. The van der Waals surface area contributed by atoms with Gasteiger partial charge in [0.25, 0.3) is 6.43 Å². The van der Waals surface area contributed by atoms with E-state index in [1.165, 1.54) is 0 Å². The first-order valence-electron chi connectivity index (χ1n) is 5.26. The molecule has 0 aliphatic carbocycles. The predicted molar refractivity (Wildman–Crippen MR) is 47.5 cm³/mol. The van der Waals surface area contributed by atoms with E-state index < -0.39 is 55.5 Å². The molecule has 0 radical (unpaired) electrons. The number of alkyl halides is 12. The third-order valence-corrected chi connectivity index (χ3v) is 2.48. The highest BCUT2D eigenvalue weighted by Gasteiger charge is 2.65. The lowest BCUT2D eigenvalue weighted by molar-refractivity contribution is -0.348. The third kappa shape index (κ3) is 4.32. The number of hydrogen-bond acceptors (Lipinski definition) is 1. The van der Waals surface area contributed by atoms with Crippen molar-refractivity contribution in [3.05, 3.63) is 0 Å². The molecule has 0 rings (SSSR count). The zero-order valence-electron chi connectivity index (χ0n) is 10.0. The van der Waals surface area contributed by atoms with Gasteiger partial charge < -0.3 is 5.11 Å². The fourth-order valence-electron chi connectivity index (χ4n) is 1.19. The molecule has 0 heterocycles. The molecule has 6 atom stereocenters. The van der Waals surface area contributed by atoms with Gasteiger partial charge in [0.2, 0.25) is 6.17 Å². The molecule has 0 aromatic heterocycles. The van der Waals surface area contributed by atoms with Crippen molar-refractivity contribution < 1.29 is 57.8 Å². The molecule has 0 aromatic carbocycles. The highest BCUT2D eigenvalue weighted by Crippen LogP contribution is 2.40. The molecule has 0 fully saturated rings. The lowest BCUT2D eigenvalue weighted by Crippen LogP contribution is -2.55. The minimum Gasteiger partial charge on any atom is -0.331 e. The zero-order valence-corrected chi connectivity index (χ0v) is 10.0. The van der Waals surface area contributed by atoms with Gasteiger partial charge in [-0.2, -0.15) is 17.6 Å². The van der Waals surface area contributed by atoms with Crippen LogP contribution in [0.3, 0.4) is 0 Å². The minimum absolute atomic E-state index is 3.99. The van der Waals surface area contributed by atoms with E-state index in [1.54, 1.807) is 0 Å².